The van der Waals surface area contributed by atoms with Crippen molar-refractivity contribution in [2.75, 3.05) is 7.11 Å². The number of carbonyl (C=O) groups is 1. The molecule has 0 spiro atoms. The van der Waals surface area contributed by atoms with Crippen molar-refractivity contribution in [1.82, 2.24) is 14.9 Å². The van der Waals surface area contributed by atoms with E-state index in [9.17, 15) is 9.59 Å². The van der Waals surface area contributed by atoms with E-state index in [1.807, 2.05) is 34.7 Å². The maximum Gasteiger partial charge on any atom is 0.257 e. The molecule has 8 heteroatoms. The Bertz CT molecular complexity index is 1050. The van der Waals surface area contributed by atoms with Crippen LogP contribution in [-0.2, 0) is 13.6 Å². The number of fused-ring (bicyclic) bond motifs is 1. The second-order valence-electron chi connectivity index (χ2n) is 5.64. The van der Waals surface area contributed by atoms with Crippen LogP contribution in [0.1, 0.15) is 15.9 Å². The molecule has 134 valence electrons. The molecule has 0 aliphatic carbocycles. The predicted molar refractivity (Wildman–Crippen MR) is 109 cm³/mol. The number of nitrogens with one attached hydrogen (secondary N) is 1. The second kappa shape index (κ2) is 7.63. The highest BCUT2D eigenvalue weighted by Gasteiger charge is 2.17. The average Bonchev–Trinajstić information content (AvgIpc) is 2.63. The van der Waals surface area contributed by atoms with Crippen molar-refractivity contribution in [3.8, 4) is 5.88 Å². The van der Waals surface area contributed by atoms with Crippen molar-refractivity contribution in [2.24, 2.45) is 7.05 Å². The summed E-state index contributed by atoms with van der Waals surface area (Å²) in [6.07, 6.45) is 1.49. The van der Waals surface area contributed by atoms with Crippen molar-refractivity contribution in [2.45, 2.75) is 6.54 Å². The molecule has 26 heavy (non-hydrogen) atoms. The molecule has 3 rings (SSSR count). The number of ether oxygens (including phenoxy) is 1. The third-order valence-corrected chi connectivity index (χ3v) is 4.90. The summed E-state index contributed by atoms with van der Waals surface area (Å²) in [6, 6.07) is 8.82. The third-order valence-electron chi connectivity index (χ3n) is 3.87. The van der Waals surface area contributed by atoms with Gasteiger partial charge in [0.2, 0.25) is 11.3 Å². The molecule has 0 aliphatic rings. The summed E-state index contributed by atoms with van der Waals surface area (Å²) < 4.78 is 7.55. The molecule has 0 bridgehead atoms. The summed E-state index contributed by atoms with van der Waals surface area (Å²) in [5.41, 5.74) is 1.05. The first-order valence-electron chi connectivity index (χ1n) is 7.67. The highest BCUT2D eigenvalue weighted by Crippen LogP contribution is 2.22. The zero-order valence-corrected chi connectivity index (χ0v) is 17.0. The Labute approximate surface area is 168 Å². The van der Waals surface area contributed by atoms with Gasteiger partial charge in [0.15, 0.2) is 0 Å². The van der Waals surface area contributed by atoms with Crippen LogP contribution in [0.25, 0.3) is 11.0 Å². The Morgan fingerprint density at radius 1 is 1.35 bits per heavy atom. The number of benzene rings is 1. The number of rotatable bonds is 4. The van der Waals surface area contributed by atoms with Crippen LogP contribution in [0, 0.1) is 3.57 Å². The Morgan fingerprint density at radius 2 is 2.04 bits per heavy atom. The van der Waals surface area contributed by atoms with E-state index < -0.39 is 5.91 Å². The van der Waals surface area contributed by atoms with Gasteiger partial charge in [0, 0.05) is 24.8 Å². The SMILES string of the molecule is COc1nc2c(cc1I)c(=O)c(C(=O)NCc1ccc(Cl)cc1)cn2C. The van der Waals surface area contributed by atoms with E-state index in [1.54, 1.807) is 29.8 Å². The minimum Gasteiger partial charge on any atom is -0.480 e. The lowest BCUT2D eigenvalue weighted by Crippen LogP contribution is -2.29. The number of aryl methyl sites for hydroxylation is 1. The van der Waals surface area contributed by atoms with Gasteiger partial charge in [0.1, 0.15) is 11.2 Å². The third kappa shape index (κ3) is 3.68. The van der Waals surface area contributed by atoms with Crippen molar-refractivity contribution in [3.05, 3.63) is 66.5 Å². The molecule has 0 unspecified atom stereocenters. The fraction of sp³-hybridized carbons (Fsp3) is 0.167. The van der Waals surface area contributed by atoms with Crippen molar-refractivity contribution in [3.63, 3.8) is 0 Å². The number of pyridine rings is 2. The van der Waals surface area contributed by atoms with E-state index in [0.29, 0.717) is 32.1 Å². The Hall–Kier alpha value is -2.13. The van der Waals surface area contributed by atoms with Gasteiger partial charge < -0.3 is 14.6 Å². The second-order valence-corrected chi connectivity index (χ2v) is 7.24. The fourth-order valence-electron chi connectivity index (χ4n) is 2.54. The van der Waals surface area contributed by atoms with Crippen LogP contribution < -0.4 is 15.5 Å². The van der Waals surface area contributed by atoms with Crippen molar-refractivity contribution < 1.29 is 9.53 Å². The predicted octanol–water partition coefficient (Wildman–Crippen LogP) is 3.13. The molecule has 0 fully saturated rings. The molecule has 0 saturated carbocycles. The molecule has 3 aromatic rings. The summed E-state index contributed by atoms with van der Waals surface area (Å²) >= 11 is 7.90. The largest absolute Gasteiger partial charge is 0.480 e. The zero-order chi connectivity index (χ0) is 18.8. The van der Waals surface area contributed by atoms with Crippen molar-refractivity contribution >= 4 is 51.1 Å². The zero-order valence-electron chi connectivity index (χ0n) is 14.0. The first-order chi connectivity index (χ1) is 12.4. The van der Waals surface area contributed by atoms with Gasteiger partial charge >= 0.3 is 0 Å². The first kappa shape index (κ1) is 18.7. The van der Waals surface area contributed by atoms with Crippen molar-refractivity contribution in [1.29, 1.82) is 0 Å². The summed E-state index contributed by atoms with van der Waals surface area (Å²) in [7, 11) is 3.25. The summed E-state index contributed by atoms with van der Waals surface area (Å²) in [6.45, 7) is 0.301. The van der Waals surface area contributed by atoms with Crippen LogP contribution >= 0.6 is 34.2 Å². The molecule has 1 N–H and O–H groups in total. The molecule has 2 aromatic heterocycles. The van der Waals surface area contributed by atoms with Crippen LogP contribution in [0.5, 0.6) is 5.88 Å². The van der Waals surface area contributed by atoms with Gasteiger partial charge in [-0.25, -0.2) is 0 Å². The molecule has 1 amide bonds. The fourth-order valence-corrected chi connectivity index (χ4v) is 3.32. The number of hydrogen-bond acceptors (Lipinski definition) is 4. The number of amides is 1. The number of methoxy groups -OCH3 is 1. The smallest absolute Gasteiger partial charge is 0.257 e. The molecule has 6 nitrogen and oxygen atoms in total. The number of hydrogen-bond donors (Lipinski definition) is 1. The summed E-state index contributed by atoms with van der Waals surface area (Å²) in [4.78, 5) is 29.6. The van der Waals surface area contributed by atoms with E-state index >= 15 is 0 Å². The van der Waals surface area contributed by atoms with E-state index in [-0.39, 0.29) is 11.0 Å². The maximum absolute atomic E-state index is 12.8. The molecule has 0 aliphatic heterocycles. The lowest BCUT2D eigenvalue weighted by molar-refractivity contribution is 0.0949. The molecular formula is C18H15ClIN3O3. The molecule has 1 aromatic carbocycles. The van der Waals surface area contributed by atoms with Crippen LogP contribution in [0.4, 0.5) is 0 Å². The topological polar surface area (TPSA) is 73.2 Å². The number of aromatic nitrogens is 2. The summed E-state index contributed by atoms with van der Waals surface area (Å²) in [5.74, 6) is 0.00122. The molecule has 0 saturated heterocycles. The van der Waals surface area contributed by atoms with Gasteiger partial charge in [-0.05, 0) is 46.4 Å². The van der Waals surface area contributed by atoms with E-state index in [2.05, 4.69) is 10.3 Å². The normalized spacial score (nSPS) is 10.8. The van der Waals surface area contributed by atoms with Crippen LogP contribution in [0.3, 0.4) is 0 Å². The van der Waals surface area contributed by atoms with Gasteiger partial charge in [-0.15, -0.1) is 0 Å². The van der Waals surface area contributed by atoms with Gasteiger partial charge in [0.25, 0.3) is 5.91 Å². The molecule has 0 radical (unpaired) electrons. The van der Waals surface area contributed by atoms with Crippen LogP contribution in [-0.4, -0.2) is 22.6 Å². The van der Waals surface area contributed by atoms with E-state index in [4.69, 9.17) is 16.3 Å². The number of nitrogens with zero attached hydrogens (tertiary/aromatic N) is 2. The molecular weight excluding hydrogens is 469 g/mol. The Morgan fingerprint density at radius 3 is 2.69 bits per heavy atom. The monoisotopic (exact) mass is 483 g/mol. The Balaban J connectivity index is 1.94. The number of carbonyl (C=O) groups excluding carboxylic acids is 1. The standard InChI is InChI=1S/C18H15ClIN3O3/c1-23-9-13(17(25)21-8-10-3-5-11(19)6-4-10)15(24)12-7-14(20)18(26-2)22-16(12)23/h3-7,9H,8H2,1-2H3,(H,21,25). The lowest BCUT2D eigenvalue weighted by Gasteiger charge is -2.11. The first-order valence-corrected chi connectivity index (χ1v) is 9.13. The van der Waals surface area contributed by atoms with Crippen LogP contribution in [0.2, 0.25) is 5.02 Å². The van der Waals surface area contributed by atoms with Gasteiger partial charge in [-0.3, -0.25) is 9.59 Å². The van der Waals surface area contributed by atoms with Crippen LogP contribution in [0.15, 0.2) is 41.3 Å². The average molecular weight is 484 g/mol. The lowest BCUT2D eigenvalue weighted by atomic mass is 10.1. The minimum atomic E-state index is -0.437. The minimum absolute atomic E-state index is 0.0664. The maximum atomic E-state index is 12.8. The number of halogens is 2. The molecule has 2 heterocycles. The van der Waals surface area contributed by atoms with Gasteiger partial charge in [-0.1, -0.05) is 23.7 Å². The van der Waals surface area contributed by atoms with Gasteiger partial charge in [0.05, 0.1) is 16.1 Å². The quantitative estimate of drug-likeness (QED) is 0.579. The highest BCUT2D eigenvalue weighted by atomic mass is 127. The highest BCUT2D eigenvalue weighted by molar-refractivity contribution is 14.1. The summed E-state index contributed by atoms with van der Waals surface area (Å²) in [5, 5.41) is 3.76. The van der Waals surface area contributed by atoms with Gasteiger partial charge in [-0.2, -0.15) is 4.98 Å². The molecule has 0 atom stereocenters. The van der Waals surface area contributed by atoms with E-state index in [1.165, 1.54) is 13.3 Å². The van der Waals surface area contributed by atoms with E-state index in [0.717, 1.165) is 5.56 Å². The Kier molecular flexibility index (Phi) is 5.47.